The standard InChI is InChI=1S/C19H23N3O3/c1-2-24-18(23)11-7-4-8-14-25-22-19(16-9-5-3-6-10-16)17-12-13-20-21-15-17/h3,5-6,9-10,12-13,15H,2,4,7-8,11,14H2,1H3/b22-19-. The summed E-state index contributed by atoms with van der Waals surface area (Å²) in [5.41, 5.74) is 2.53. The Bertz CT molecular complexity index is 619. The molecule has 25 heavy (non-hydrogen) atoms. The van der Waals surface area contributed by atoms with Gasteiger partial charge in [0, 0.05) is 17.5 Å². The number of aromatic nitrogens is 2. The Morgan fingerprint density at radius 1 is 1.04 bits per heavy atom. The van der Waals surface area contributed by atoms with Crippen molar-refractivity contribution in [2.24, 2.45) is 5.16 Å². The lowest BCUT2D eigenvalue weighted by molar-refractivity contribution is -0.143. The highest BCUT2D eigenvalue weighted by Crippen LogP contribution is 2.10. The number of benzene rings is 1. The maximum absolute atomic E-state index is 11.2. The SMILES string of the molecule is CCOC(=O)CCCCCO/N=C(/c1ccccc1)c1ccnnc1. The van der Waals surface area contributed by atoms with Gasteiger partial charge < -0.3 is 9.57 Å². The van der Waals surface area contributed by atoms with Gasteiger partial charge in [-0.05, 0) is 32.3 Å². The number of carbonyl (C=O) groups is 1. The van der Waals surface area contributed by atoms with E-state index in [1.165, 1.54) is 0 Å². The van der Waals surface area contributed by atoms with Crippen LogP contribution in [0.2, 0.25) is 0 Å². The van der Waals surface area contributed by atoms with Crippen molar-refractivity contribution in [1.29, 1.82) is 0 Å². The number of hydrogen-bond donors (Lipinski definition) is 0. The van der Waals surface area contributed by atoms with Crippen LogP contribution in [0.5, 0.6) is 0 Å². The predicted molar refractivity (Wildman–Crippen MR) is 95.2 cm³/mol. The van der Waals surface area contributed by atoms with E-state index < -0.39 is 0 Å². The first-order chi connectivity index (χ1) is 12.3. The second-order valence-corrected chi connectivity index (χ2v) is 5.39. The number of oxime groups is 1. The van der Waals surface area contributed by atoms with Crippen LogP contribution in [0.15, 0.2) is 53.9 Å². The van der Waals surface area contributed by atoms with Gasteiger partial charge in [0.25, 0.3) is 0 Å². The largest absolute Gasteiger partial charge is 0.466 e. The molecule has 0 radical (unpaired) electrons. The Kier molecular flexibility index (Phi) is 8.11. The highest BCUT2D eigenvalue weighted by atomic mass is 16.6. The van der Waals surface area contributed by atoms with Gasteiger partial charge in [-0.1, -0.05) is 35.5 Å². The minimum atomic E-state index is -0.141. The van der Waals surface area contributed by atoms with Gasteiger partial charge in [-0.3, -0.25) is 4.79 Å². The summed E-state index contributed by atoms with van der Waals surface area (Å²) in [5, 5.41) is 12.0. The second kappa shape index (κ2) is 10.9. The van der Waals surface area contributed by atoms with Gasteiger partial charge in [0.15, 0.2) is 0 Å². The van der Waals surface area contributed by atoms with E-state index in [2.05, 4.69) is 15.4 Å². The van der Waals surface area contributed by atoms with Gasteiger partial charge in [-0.15, -0.1) is 0 Å². The fourth-order valence-corrected chi connectivity index (χ4v) is 2.25. The number of ether oxygens (including phenoxy) is 1. The van der Waals surface area contributed by atoms with Crippen molar-refractivity contribution in [3.8, 4) is 0 Å². The van der Waals surface area contributed by atoms with E-state index in [1.807, 2.05) is 43.3 Å². The monoisotopic (exact) mass is 341 g/mol. The Hall–Kier alpha value is -2.76. The molecule has 0 aliphatic rings. The molecule has 2 rings (SSSR count). The summed E-state index contributed by atoms with van der Waals surface area (Å²) in [7, 11) is 0. The Labute approximate surface area is 147 Å². The van der Waals surface area contributed by atoms with Crippen LogP contribution in [0.3, 0.4) is 0 Å². The summed E-state index contributed by atoms with van der Waals surface area (Å²) in [6.07, 6.45) is 6.27. The number of carbonyl (C=O) groups excluding carboxylic acids is 1. The molecule has 0 unspecified atom stereocenters. The lowest BCUT2D eigenvalue weighted by Crippen LogP contribution is -2.06. The van der Waals surface area contributed by atoms with E-state index in [9.17, 15) is 4.79 Å². The Morgan fingerprint density at radius 3 is 2.60 bits per heavy atom. The van der Waals surface area contributed by atoms with Crippen molar-refractivity contribution in [3.05, 3.63) is 59.9 Å². The molecule has 1 aromatic heterocycles. The fourth-order valence-electron chi connectivity index (χ4n) is 2.25. The zero-order valence-corrected chi connectivity index (χ0v) is 14.4. The molecule has 0 aliphatic heterocycles. The van der Waals surface area contributed by atoms with Gasteiger partial charge in [-0.2, -0.15) is 10.2 Å². The van der Waals surface area contributed by atoms with Crippen molar-refractivity contribution in [2.75, 3.05) is 13.2 Å². The predicted octanol–water partition coefficient (Wildman–Crippen LogP) is 3.37. The fraction of sp³-hybridized carbons (Fsp3) is 0.368. The Balaban J connectivity index is 1.84. The normalized spacial score (nSPS) is 11.2. The highest BCUT2D eigenvalue weighted by molar-refractivity contribution is 6.12. The molecule has 0 spiro atoms. The van der Waals surface area contributed by atoms with Crippen LogP contribution in [0, 0.1) is 0 Å². The Morgan fingerprint density at radius 2 is 1.88 bits per heavy atom. The van der Waals surface area contributed by atoms with Crippen LogP contribution in [-0.2, 0) is 14.4 Å². The highest BCUT2D eigenvalue weighted by Gasteiger charge is 2.08. The quantitative estimate of drug-likeness (QED) is 0.287. The summed E-state index contributed by atoms with van der Waals surface area (Å²) in [4.78, 5) is 16.7. The molecule has 0 saturated carbocycles. The molecule has 6 heteroatoms. The first kappa shape index (κ1) is 18.6. The van der Waals surface area contributed by atoms with Crippen molar-refractivity contribution in [1.82, 2.24) is 10.2 Å². The third-order valence-corrected chi connectivity index (χ3v) is 3.48. The van der Waals surface area contributed by atoms with Gasteiger partial charge in [0.05, 0.1) is 19.0 Å². The molecule has 6 nitrogen and oxygen atoms in total. The molecule has 2 aromatic rings. The molecular weight excluding hydrogens is 318 g/mol. The number of esters is 1. The molecule has 0 fully saturated rings. The average Bonchev–Trinajstić information content (AvgIpc) is 2.65. The smallest absolute Gasteiger partial charge is 0.305 e. The minimum absolute atomic E-state index is 0.141. The van der Waals surface area contributed by atoms with Crippen LogP contribution < -0.4 is 0 Å². The molecular formula is C19H23N3O3. The maximum atomic E-state index is 11.2. The topological polar surface area (TPSA) is 73.7 Å². The van der Waals surface area contributed by atoms with E-state index in [-0.39, 0.29) is 5.97 Å². The first-order valence-electron chi connectivity index (χ1n) is 8.49. The molecule has 0 bridgehead atoms. The van der Waals surface area contributed by atoms with Crippen LogP contribution in [0.1, 0.15) is 43.7 Å². The third-order valence-electron chi connectivity index (χ3n) is 3.48. The van der Waals surface area contributed by atoms with Gasteiger partial charge >= 0.3 is 5.97 Å². The number of unbranched alkanes of at least 4 members (excludes halogenated alkanes) is 2. The lowest BCUT2D eigenvalue weighted by atomic mass is 10.1. The molecule has 0 atom stereocenters. The van der Waals surface area contributed by atoms with Gasteiger partial charge in [0.2, 0.25) is 0 Å². The van der Waals surface area contributed by atoms with Crippen molar-refractivity contribution in [3.63, 3.8) is 0 Å². The van der Waals surface area contributed by atoms with E-state index in [0.717, 1.165) is 36.1 Å². The van der Waals surface area contributed by atoms with E-state index in [1.54, 1.807) is 12.4 Å². The average molecular weight is 341 g/mol. The third kappa shape index (κ3) is 6.71. The van der Waals surface area contributed by atoms with Crippen molar-refractivity contribution < 1.29 is 14.4 Å². The molecule has 1 heterocycles. The maximum Gasteiger partial charge on any atom is 0.305 e. The molecule has 1 aromatic carbocycles. The second-order valence-electron chi connectivity index (χ2n) is 5.39. The molecule has 0 N–H and O–H groups in total. The lowest BCUT2D eigenvalue weighted by Gasteiger charge is -2.07. The zero-order valence-electron chi connectivity index (χ0n) is 14.4. The van der Waals surface area contributed by atoms with Gasteiger partial charge in [-0.25, -0.2) is 0 Å². The number of rotatable bonds is 10. The number of hydrogen-bond acceptors (Lipinski definition) is 6. The van der Waals surface area contributed by atoms with Crippen LogP contribution in [0.25, 0.3) is 0 Å². The van der Waals surface area contributed by atoms with Crippen LogP contribution in [0.4, 0.5) is 0 Å². The van der Waals surface area contributed by atoms with E-state index >= 15 is 0 Å². The summed E-state index contributed by atoms with van der Waals surface area (Å²) < 4.78 is 4.90. The summed E-state index contributed by atoms with van der Waals surface area (Å²) in [6.45, 7) is 2.74. The summed E-state index contributed by atoms with van der Waals surface area (Å²) >= 11 is 0. The van der Waals surface area contributed by atoms with E-state index in [0.29, 0.717) is 19.6 Å². The molecule has 0 amide bonds. The molecule has 0 saturated heterocycles. The van der Waals surface area contributed by atoms with Crippen LogP contribution >= 0.6 is 0 Å². The summed E-state index contributed by atoms with van der Waals surface area (Å²) in [5.74, 6) is -0.141. The summed E-state index contributed by atoms with van der Waals surface area (Å²) in [6, 6.07) is 11.7. The van der Waals surface area contributed by atoms with E-state index in [4.69, 9.17) is 9.57 Å². The molecule has 132 valence electrons. The zero-order chi connectivity index (χ0) is 17.7. The van der Waals surface area contributed by atoms with Gasteiger partial charge in [0.1, 0.15) is 12.3 Å². The molecule has 0 aliphatic carbocycles. The van der Waals surface area contributed by atoms with Crippen LogP contribution in [-0.4, -0.2) is 35.1 Å². The minimum Gasteiger partial charge on any atom is -0.466 e. The van der Waals surface area contributed by atoms with Crippen molar-refractivity contribution >= 4 is 11.7 Å². The van der Waals surface area contributed by atoms with Crippen molar-refractivity contribution in [2.45, 2.75) is 32.6 Å². The first-order valence-corrected chi connectivity index (χ1v) is 8.49. The number of nitrogens with zero attached hydrogens (tertiary/aromatic N) is 3.